The van der Waals surface area contributed by atoms with Crippen LogP contribution in [0.25, 0.3) is 0 Å². The quantitative estimate of drug-likeness (QED) is 0.583. The molecule has 3 heteroatoms. The maximum absolute atomic E-state index is 11.4. The van der Waals surface area contributed by atoms with Crippen molar-refractivity contribution in [2.45, 2.75) is 19.4 Å². The molecule has 0 spiro atoms. The number of hydrogen-bond acceptors (Lipinski definition) is 2. The van der Waals surface area contributed by atoms with Crippen molar-refractivity contribution in [1.82, 2.24) is 10.2 Å². The number of hydrogen-bond donors (Lipinski definition) is 1. The number of nitrogens with one attached hydrogen (secondary N) is 1. The van der Waals surface area contributed by atoms with Gasteiger partial charge in [-0.3, -0.25) is 4.79 Å². The van der Waals surface area contributed by atoms with Gasteiger partial charge in [0.15, 0.2) is 0 Å². The van der Waals surface area contributed by atoms with Crippen LogP contribution >= 0.6 is 0 Å². The third-order valence-electron chi connectivity index (χ3n) is 2.09. The number of rotatable bonds is 1. The minimum atomic E-state index is 0.0694. The smallest absolute Gasteiger partial charge is 0.239 e. The normalized spacial score (nSPS) is 30.5. The molecule has 0 aliphatic carbocycles. The molecule has 0 aromatic carbocycles. The van der Waals surface area contributed by atoms with Crippen molar-refractivity contribution in [3.05, 3.63) is 0 Å². The number of likely N-dealkylation sites (N-methyl/N-ethyl adjacent to an activating group) is 1. The van der Waals surface area contributed by atoms with Gasteiger partial charge in [-0.05, 0) is 18.9 Å². The molecule has 1 fully saturated rings. The molecule has 1 saturated heterocycles. The third kappa shape index (κ3) is 1.93. The van der Waals surface area contributed by atoms with Crippen LogP contribution < -0.4 is 5.32 Å². The molecule has 0 saturated carbocycles. The summed E-state index contributed by atoms with van der Waals surface area (Å²) in [6.45, 7) is 3.14. The number of nitrogens with zero attached hydrogens (tertiary/aromatic N) is 1. The lowest BCUT2D eigenvalue weighted by molar-refractivity contribution is -0.130. The van der Waals surface area contributed by atoms with E-state index < -0.39 is 0 Å². The zero-order chi connectivity index (χ0) is 8.43. The molecule has 0 radical (unpaired) electrons. The molecule has 64 valence electrons. The molecule has 1 heterocycles. The fraction of sp³-hybridized carbons (Fsp3) is 0.875. The Bertz CT molecular complexity index is 156. The summed E-state index contributed by atoms with van der Waals surface area (Å²) in [4.78, 5) is 13.0. The Morgan fingerprint density at radius 3 is 2.55 bits per heavy atom. The van der Waals surface area contributed by atoms with Crippen molar-refractivity contribution in [3.63, 3.8) is 0 Å². The van der Waals surface area contributed by atoms with Gasteiger partial charge in [0.2, 0.25) is 5.91 Å². The molecule has 1 amide bonds. The molecule has 1 rings (SSSR count). The first kappa shape index (κ1) is 8.53. The molecule has 1 unspecified atom stereocenters. The maximum Gasteiger partial charge on any atom is 0.239 e. The summed E-state index contributed by atoms with van der Waals surface area (Å²) < 4.78 is 0. The van der Waals surface area contributed by atoms with Gasteiger partial charge in [-0.1, -0.05) is 6.92 Å². The molecule has 1 aliphatic rings. The predicted molar refractivity (Wildman–Crippen MR) is 44.3 cm³/mol. The van der Waals surface area contributed by atoms with Crippen molar-refractivity contribution in [1.29, 1.82) is 0 Å². The van der Waals surface area contributed by atoms with Gasteiger partial charge in [0.25, 0.3) is 0 Å². The Morgan fingerprint density at radius 2 is 2.18 bits per heavy atom. The van der Waals surface area contributed by atoms with E-state index >= 15 is 0 Å². The van der Waals surface area contributed by atoms with Crippen LogP contribution in [0.3, 0.4) is 0 Å². The highest BCUT2D eigenvalue weighted by atomic mass is 16.2. The molecule has 1 aliphatic heterocycles. The fourth-order valence-corrected chi connectivity index (χ4v) is 1.41. The molecule has 1 N–H and O–H groups in total. The largest absolute Gasteiger partial charge is 0.347 e. The van der Waals surface area contributed by atoms with Crippen LogP contribution in [-0.4, -0.2) is 37.5 Å². The van der Waals surface area contributed by atoms with Crippen LogP contribution in [0.2, 0.25) is 0 Å². The Hall–Kier alpha value is -0.570. The average molecular weight is 156 g/mol. The van der Waals surface area contributed by atoms with Crippen LogP contribution in [0.5, 0.6) is 0 Å². The minimum absolute atomic E-state index is 0.0694. The highest BCUT2D eigenvalue weighted by Crippen LogP contribution is 2.13. The molecule has 0 aromatic heterocycles. The lowest BCUT2D eigenvalue weighted by Gasteiger charge is -2.15. The summed E-state index contributed by atoms with van der Waals surface area (Å²) in [7, 11) is 3.60. The second-order valence-electron chi connectivity index (χ2n) is 3.53. The minimum Gasteiger partial charge on any atom is -0.347 e. The SMILES string of the molecule is C[C@@H]1CNC(C(=O)N(C)C)C1. The zero-order valence-electron chi connectivity index (χ0n) is 7.42. The van der Waals surface area contributed by atoms with E-state index in [2.05, 4.69) is 12.2 Å². The lowest BCUT2D eigenvalue weighted by atomic mass is 10.1. The van der Waals surface area contributed by atoms with E-state index in [9.17, 15) is 4.79 Å². The van der Waals surface area contributed by atoms with Gasteiger partial charge in [-0.15, -0.1) is 0 Å². The van der Waals surface area contributed by atoms with Crippen LogP contribution in [0.4, 0.5) is 0 Å². The van der Waals surface area contributed by atoms with E-state index in [1.807, 2.05) is 0 Å². The Balaban J connectivity index is 2.43. The first-order valence-corrected chi connectivity index (χ1v) is 4.06. The summed E-state index contributed by atoms with van der Waals surface area (Å²) in [5.74, 6) is 0.846. The van der Waals surface area contributed by atoms with E-state index in [0.29, 0.717) is 5.92 Å². The monoisotopic (exact) mass is 156 g/mol. The second kappa shape index (κ2) is 3.22. The van der Waals surface area contributed by atoms with E-state index in [1.54, 1.807) is 19.0 Å². The Kier molecular flexibility index (Phi) is 2.49. The second-order valence-corrected chi connectivity index (χ2v) is 3.53. The summed E-state index contributed by atoms with van der Waals surface area (Å²) in [6.07, 6.45) is 0.983. The molecule has 0 aromatic rings. The Morgan fingerprint density at radius 1 is 1.55 bits per heavy atom. The summed E-state index contributed by atoms with van der Waals surface area (Å²) >= 11 is 0. The molecule has 11 heavy (non-hydrogen) atoms. The van der Waals surface area contributed by atoms with E-state index in [1.165, 1.54) is 0 Å². The standard InChI is InChI=1S/C8H16N2O/c1-6-4-7(9-5-6)8(11)10(2)3/h6-7,9H,4-5H2,1-3H3/t6-,7?/m0/s1. The van der Waals surface area contributed by atoms with Crippen LogP contribution in [0, 0.1) is 5.92 Å². The van der Waals surface area contributed by atoms with Crippen molar-refractivity contribution >= 4 is 5.91 Å². The van der Waals surface area contributed by atoms with Gasteiger partial charge < -0.3 is 10.2 Å². The lowest BCUT2D eigenvalue weighted by Crippen LogP contribution is -2.39. The highest BCUT2D eigenvalue weighted by Gasteiger charge is 2.27. The first-order chi connectivity index (χ1) is 5.11. The van der Waals surface area contributed by atoms with Crippen LogP contribution in [-0.2, 0) is 4.79 Å². The molecule has 0 bridgehead atoms. The van der Waals surface area contributed by atoms with Crippen molar-refractivity contribution in [2.24, 2.45) is 5.92 Å². The van der Waals surface area contributed by atoms with E-state index in [-0.39, 0.29) is 11.9 Å². The maximum atomic E-state index is 11.4. The van der Waals surface area contributed by atoms with Crippen LogP contribution in [0.15, 0.2) is 0 Å². The predicted octanol–water partition coefficient (Wildman–Crippen LogP) is 0.0726. The fourth-order valence-electron chi connectivity index (χ4n) is 1.41. The topological polar surface area (TPSA) is 32.3 Å². The van der Waals surface area contributed by atoms with E-state index in [0.717, 1.165) is 13.0 Å². The average Bonchev–Trinajstić information content (AvgIpc) is 2.34. The summed E-state index contributed by atoms with van der Waals surface area (Å²) in [5.41, 5.74) is 0. The van der Waals surface area contributed by atoms with Crippen molar-refractivity contribution in [3.8, 4) is 0 Å². The van der Waals surface area contributed by atoms with Gasteiger partial charge in [-0.2, -0.15) is 0 Å². The van der Waals surface area contributed by atoms with Gasteiger partial charge in [0.05, 0.1) is 6.04 Å². The van der Waals surface area contributed by atoms with Gasteiger partial charge >= 0.3 is 0 Å². The number of carbonyl (C=O) groups is 1. The van der Waals surface area contributed by atoms with Crippen LogP contribution in [0.1, 0.15) is 13.3 Å². The molecule has 3 nitrogen and oxygen atoms in total. The molecular weight excluding hydrogens is 140 g/mol. The number of amides is 1. The van der Waals surface area contributed by atoms with Crippen molar-refractivity contribution < 1.29 is 4.79 Å². The Labute approximate surface area is 67.8 Å². The number of carbonyl (C=O) groups excluding carboxylic acids is 1. The summed E-state index contributed by atoms with van der Waals surface area (Å²) in [6, 6.07) is 0.0694. The molecule has 2 atom stereocenters. The van der Waals surface area contributed by atoms with Gasteiger partial charge in [0, 0.05) is 14.1 Å². The third-order valence-corrected chi connectivity index (χ3v) is 2.09. The van der Waals surface area contributed by atoms with Gasteiger partial charge in [-0.25, -0.2) is 0 Å². The van der Waals surface area contributed by atoms with Crippen molar-refractivity contribution in [2.75, 3.05) is 20.6 Å². The van der Waals surface area contributed by atoms with Gasteiger partial charge in [0.1, 0.15) is 0 Å². The van der Waals surface area contributed by atoms with E-state index in [4.69, 9.17) is 0 Å². The zero-order valence-corrected chi connectivity index (χ0v) is 7.42. The first-order valence-electron chi connectivity index (χ1n) is 4.06. The molecular formula is C8H16N2O. The highest BCUT2D eigenvalue weighted by molar-refractivity contribution is 5.81. The summed E-state index contributed by atoms with van der Waals surface area (Å²) in [5, 5.41) is 3.20.